The van der Waals surface area contributed by atoms with Crippen molar-refractivity contribution in [2.75, 3.05) is 26.7 Å². The van der Waals surface area contributed by atoms with Crippen LogP contribution in [0.3, 0.4) is 0 Å². The van der Waals surface area contributed by atoms with Gasteiger partial charge in [0.2, 0.25) is 0 Å². The molecule has 1 aliphatic heterocycles. The molecule has 1 saturated heterocycles. The minimum Gasteiger partial charge on any atom is -0.481 e. The van der Waals surface area contributed by atoms with Crippen molar-refractivity contribution < 1.29 is 19.5 Å². The number of nitrogens with one attached hydrogen (secondary N) is 2. The molecule has 7 nitrogen and oxygen atoms in total. The predicted octanol–water partition coefficient (Wildman–Crippen LogP) is 1.48. The van der Waals surface area contributed by atoms with Crippen LogP contribution < -0.4 is 10.6 Å². The summed E-state index contributed by atoms with van der Waals surface area (Å²) in [4.78, 5) is 37.4. The van der Waals surface area contributed by atoms with Gasteiger partial charge in [-0.3, -0.25) is 9.59 Å². The van der Waals surface area contributed by atoms with E-state index in [4.69, 9.17) is 0 Å². The van der Waals surface area contributed by atoms with E-state index in [1.165, 1.54) is 0 Å². The Morgan fingerprint density at radius 1 is 1.35 bits per heavy atom. The van der Waals surface area contributed by atoms with Crippen molar-refractivity contribution in [2.24, 2.45) is 11.3 Å². The second-order valence-corrected chi connectivity index (χ2v) is 7.19. The molecule has 3 N–H and O–H groups in total. The number of aliphatic carboxylic acids is 1. The third kappa shape index (κ3) is 3.38. The Labute approximate surface area is 152 Å². The van der Waals surface area contributed by atoms with Gasteiger partial charge in [0, 0.05) is 32.2 Å². The second-order valence-electron chi connectivity index (χ2n) is 7.19. The first-order chi connectivity index (χ1) is 12.5. The molecule has 3 rings (SSSR count). The highest BCUT2D eigenvalue weighted by Gasteiger charge is 2.55. The fourth-order valence-corrected chi connectivity index (χ4v) is 4.23. The smallest absolute Gasteiger partial charge is 0.317 e. The van der Waals surface area contributed by atoms with Gasteiger partial charge in [0.25, 0.3) is 5.91 Å². The van der Waals surface area contributed by atoms with E-state index in [9.17, 15) is 19.5 Å². The van der Waals surface area contributed by atoms with E-state index in [2.05, 4.69) is 10.6 Å². The predicted molar refractivity (Wildman–Crippen MR) is 95.9 cm³/mol. The van der Waals surface area contributed by atoms with Crippen LogP contribution in [0, 0.1) is 11.3 Å². The molecule has 3 amide bonds. The highest BCUT2D eigenvalue weighted by Crippen LogP contribution is 2.48. The number of carbonyl (C=O) groups excluding carboxylic acids is 2. The lowest BCUT2D eigenvalue weighted by molar-refractivity contribution is -0.149. The fourth-order valence-electron chi connectivity index (χ4n) is 4.23. The Hall–Kier alpha value is -2.57. The quantitative estimate of drug-likeness (QED) is 0.742. The highest BCUT2D eigenvalue weighted by atomic mass is 16.4. The summed E-state index contributed by atoms with van der Waals surface area (Å²) in [5.41, 5.74) is 0.804. The van der Waals surface area contributed by atoms with Gasteiger partial charge in [0.05, 0.1) is 5.41 Å². The Morgan fingerprint density at radius 2 is 2.15 bits per heavy atom. The van der Waals surface area contributed by atoms with E-state index in [0.29, 0.717) is 38.0 Å². The second kappa shape index (κ2) is 7.35. The first-order valence-electron chi connectivity index (χ1n) is 9.03. The SMILES string of the molecule is CNC(=O)c1cccc(CCNC(=O)N2C[C@@H]3CCC[C@@]3(C(=O)O)C2)c1. The summed E-state index contributed by atoms with van der Waals surface area (Å²) >= 11 is 0. The lowest BCUT2D eigenvalue weighted by atomic mass is 9.81. The summed E-state index contributed by atoms with van der Waals surface area (Å²) in [7, 11) is 1.59. The van der Waals surface area contributed by atoms with E-state index >= 15 is 0 Å². The number of urea groups is 1. The average Bonchev–Trinajstić information content (AvgIpc) is 3.19. The van der Waals surface area contributed by atoms with Gasteiger partial charge in [-0.25, -0.2) is 4.79 Å². The van der Waals surface area contributed by atoms with Crippen LogP contribution in [0.15, 0.2) is 24.3 Å². The van der Waals surface area contributed by atoms with E-state index in [0.717, 1.165) is 18.4 Å². The number of carboxylic acid groups (broad SMARTS) is 1. The number of carboxylic acids is 1. The van der Waals surface area contributed by atoms with Crippen LogP contribution in [-0.2, 0) is 11.2 Å². The summed E-state index contributed by atoms with van der Waals surface area (Å²) < 4.78 is 0. The number of rotatable bonds is 5. The maximum absolute atomic E-state index is 12.4. The summed E-state index contributed by atoms with van der Waals surface area (Å²) in [6.45, 7) is 1.26. The fraction of sp³-hybridized carbons (Fsp3) is 0.526. The van der Waals surface area contributed by atoms with E-state index in [1.807, 2.05) is 18.2 Å². The number of amides is 3. The summed E-state index contributed by atoms with van der Waals surface area (Å²) in [6.07, 6.45) is 3.07. The van der Waals surface area contributed by atoms with Gasteiger partial charge in [-0.15, -0.1) is 0 Å². The maximum atomic E-state index is 12.4. The number of hydrogen-bond acceptors (Lipinski definition) is 3. The molecule has 7 heteroatoms. The molecule has 1 heterocycles. The molecule has 26 heavy (non-hydrogen) atoms. The summed E-state index contributed by atoms with van der Waals surface area (Å²) in [6, 6.07) is 7.08. The molecule has 2 aliphatic rings. The van der Waals surface area contributed by atoms with Gasteiger partial charge < -0.3 is 20.6 Å². The summed E-state index contributed by atoms with van der Waals surface area (Å²) in [5.74, 6) is -0.852. The standard InChI is InChI=1S/C19H25N3O4/c1-20-16(23)14-5-2-4-13(10-14)7-9-21-18(26)22-11-15-6-3-8-19(15,12-22)17(24)25/h2,4-5,10,15H,3,6-9,11-12H2,1H3,(H,20,23)(H,21,26)(H,24,25)/t15-,19+/m0/s1. The largest absolute Gasteiger partial charge is 0.481 e. The van der Waals surface area contributed by atoms with Crippen molar-refractivity contribution in [2.45, 2.75) is 25.7 Å². The molecule has 0 bridgehead atoms. The first kappa shape index (κ1) is 18.2. The van der Waals surface area contributed by atoms with Crippen molar-refractivity contribution in [1.82, 2.24) is 15.5 Å². The van der Waals surface area contributed by atoms with Gasteiger partial charge in [-0.05, 0) is 42.9 Å². The molecule has 2 fully saturated rings. The van der Waals surface area contributed by atoms with Crippen molar-refractivity contribution in [3.05, 3.63) is 35.4 Å². The Kier molecular flexibility index (Phi) is 5.15. The molecule has 0 spiro atoms. The number of nitrogens with zero attached hydrogens (tertiary/aromatic N) is 1. The molecular formula is C19H25N3O4. The lowest BCUT2D eigenvalue weighted by Gasteiger charge is -2.23. The van der Waals surface area contributed by atoms with E-state index < -0.39 is 11.4 Å². The van der Waals surface area contributed by atoms with Crippen LogP contribution in [0.2, 0.25) is 0 Å². The zero-order valence-corrected chi connectivity index (χ0v) is 15.0. The minimum absolute atomic E-state index is 0.0648. The molecule has 0 unspecified atom stereocenters. The van der Waals surface area contributed by atoms with Crippen molar-refractivity contribution in [3.63, 3.8) is 0 Å². The number of fused-ring (bicyclic) bond motifs is 1. The zero-order chi connectivity index (χ0) is 18.7. The van der Waals surface area contributed by atoms with Gasteiger partial charge >= 0.3 is 12.0 Å². The van der Waals surface area contributed by atoms with Crippen molar-refractivity contribution in [1.29, 1.82) is 0 Å². The molecule has 140 valence electrons. The van der Waals surface area contributed by atoms with Crippen LogP contribution in [0.5, 0.6) is 0 Å². The molecule has 0 radical (unpaired) electrons. The monoisotopic (exact) mass is 359 g/mol. The lowest BCUT2D eigenvalue weighted by Crippen LogP contribution is -2.42. The van der Waals surface area contributed by atoms with Gasteiger partial charge in [-0.1, -0.05) is 18.6 Å². The molecule has 1 aromatic rings. The van der Waals surface area contributed by atoms with Crippen molar-refractivity contribution >= 4 is 17.9 Å². The van der Waals surface area contributed by atoms with E-state index in [-0.39, 0.29) is 17.9 Å². The topological polar surface area (TPSA) is 98.7 Å². The molecule has 1 saturated carbocycles. The minimum atomic E-state index is -0.777. The third-order valence-electron chi connectivity index (χ3n) is 5.69. The molecule has 2 atom stereocenters. The third-order valence-corrected chi connectivity index (χ3v) is 5.69. The molecular weight excluding hydrogens is 334 g/mol. The Morgan fingerprint density at radius 3 is 2.85 bits per heavy atom. The Balaban J connectivity index is 1.53. The van der Waals surface area contributed by atoms with E-state index in [1.54, 1.807) is 18.0 Å². The zero-order valence-electron chi connectivity index (χ0n) is 15.0. The first-order valence-corrected chi connectivity index (χ1v) is 9.03. The van der Waals surface area contributed by atoms with Crippen LogP contribution >= 0.6 is 0 Å². The van der Waals surface area contributed by atoms with Gasteiger partial charge in [0.15, 0.2) is 0 Å². The van der Waals surface area contributed by atoms with Crippen LogP contribution in [-0.4, -0.2) is 54.6 Å². The van der Waals surface area contributed by atoms with Gasteiger partial charge in [-0.2, -0.15) is 0 Å². The summed E-state index contributed by atoms with van der Waals surface area (Å²) in [5, 5.41) is 15.1. The molecule has 0 aromatic heterocycles. The normalized spacial score (nSPS) is 24.2. The van der Waals surface area contributed by atoms with Crippen LogP contribution in [0.25, 0.3) is 0 Å². The van der Waals surface area contributed by atoms with Gasteiger partial charge in [0.1, 0.15) is 0 Å². The number of likely N-dealkylation sites (tertiary alicyclic amines) is 1. The Bertz CT molecular complexity index is 720. The number of carbonyl (C=O) groups is 3. The number of benzene rings is 1. The van der Waals surface area contributed by atoms with Crippen molar-refractivity contribution in [3.8, 4) is 0 Å². The number of hydrogen-bond donors (Lipinski definition) is 3. The van der Waals surface area contributed by atoms with Crippen LogP contribution in [0.1, 0.15) is 35.2 Å². The van der Waals surface area contributed by atoms with Crippen LogP contribution in [0.4, 0.5) is 4.79 Å². The molecule has 1 aromatic carbocycles. The highest BCUT2D eigenvalue weighted by molar-refractivity contribution is 5.94. The molecule has 1 aliphatic carbocycles. The average molecular weight is 359 g/mol. The maximum Gasteiger partial charge on any atom is 0.317 e.